The van der Waals surface area contributed by atoms with Gasteiger partial charge in [0, 0.05) is 6.54 Å². The van der Waals surface area contributed by atoms with Crippen LogP contribution >= 0.6 is 0 Å². The minimum absolute atomic E-state index is 0.0325. The van der Waals surface area contributed by atoms with Crippen LogP contribution in [0.5, 0.6) is 0 Å². The quantitative estimate of drug-likeness (QED) is 0.612. The van der Waals surface area contributed by atoms with Gasteiger partial charge in [0.05, 0.1) is 6.04 Å². The Hall–Kier alpha value is -1.83. The van der Waals surface area contributed by atoms with Gasteiger partial charge in [-0.15, -0.1) is 0 Å². The lowest BCUT2D eigenvalue weighted by molar-refractivity contribution is -0.132. The summed E-state index contributed by atoms with van der Waals surface area (Å²) in [6, 6.07) is -1.42. The molecule has 1 saturated heterocycles. The van der Waals surface area contributed by atoms with E-state index in [1.54, 1.807) is 20.8 Å². The Morgan fingerprint density at radius 1 is 1.28 bits per heavy atom. The topological polar surface area (TPSA) is 122 Å². The third kappa shape index (κ3) is 4.37. The molecule has 3 rings (SSSR count). The first-order valence-corrected chi connectivity index (χ1v) is 10.6. The van der Waals surface area contributed by atoms with Gasteiger partial charge >= 0.3 is 6.09 Å². The standard InChI is InChI=1S/C21H35N3O5/c1-20(2,3)29-19(28)24-10-12-14(21(12,4)5)15(24)18(27)23-13(16(25)17(22)26)9-11-7-6-8-11/h11-16,25H,6-10H2,1-5H3,(H2,22,26)(H,23,27)/t12?,13?,14?,15-,16?/m0/s1. The molecule has 0 bridgehead atoms. The van der Waals surface area contributed by atoms with Crippen molar-refractivity contribution in [2.45, 2.75) is 84.1 Å². The van der Waals surface area contributed by atoms with Crippen LogP contribution in [-0.4, -0.2) is 58.2 Å². The average molecular weight is 410 g/mol. The molecule has 2 saturated carbocycles. The summed E-state index contributed by atoms with van der Waals surface area (Å²) in [5.41, 5.74) is 4.61. The van der Waals surface area contributed by atoms with Crippen LogP contribution in [0.1, 0.15) is 60.3 Å². The van der Waals surface area contributed by atoms with Crippen LogP contribution in [0.15, 0.2) is 0 Å². The summed E-state index contributed by atoms with van der Waals surface area (Å²) >= 11 is 0. The fourth-order valence-electron chi connectivity index (χ4n) is 4.92. The number of ether oxygens (including phenoxy) is 1. The van der Waals surface area contributed by atoms with Crippen LogP contribution in [0.2, 0.25) is 0 Å². The minimum atomic E-state index is -1.45. The van der Waals surface area contributed by atoms with Crippen molar-refractivity contribution in [1.29, 1.82) is 0 Å². The number of likely N-dealkylation sites (tertiary alicyclic amines) is 1. The van der Waals surface area contributed by atoms with Crippen molar-refractivity contribution < 1.29 is 24.2 Å². The number of hydrogen-bond acceptors (Lipinski definition) is 5. The van der Waals surface area contributed by atoms with E-state index in [2.05, 4.69) is 19.2 Å². The lowest BCUT2D eigenvalue weighted by atomic mass is 9.79. The Morgan fingerprint density at radius 2 is 1.90 bits per heavy atom. The highest BCUT2D eigenvalue weighted by Crippen LogP contribution is 2.65. The number of piperidine rings is 1. The first-order valence-electron chi connectivity index (χ1n) is 10.6. The summed E-state index contributed by atoms with van der Waals surface area (Å²) in [5, 5.41) is 13.1. The second-order valence-electron chi connectivity index (χ2n) is 10.5. The molecule has 5 atom stereocenters. The van der Waals surface area contributed by atoms with Crippen LogP contribution in [0.4, 0.5) is 4.79 Å². The molecule has 0 spiro atoms. The minimum Gasteiger partial charge on any atom is -0.444 e. The first-order chi connectivity index (χ1) is 13.3. The molecule has 8 heteroatoms. The lowest BCUT2D eigenvalue weighted by Gasteiger charge is -2.35. The van der Waals surface area contributed by atoms with E-state index >= 15 is 0 Å². The SMILES string of the molecule is CC(C)(C)OC(=O)N1CC2C([C@H]1C(=O)NC(CC1CCC1)C(O)C(N)=O)C2(C)C. The summed E-state index contributed by atoms with van der Waals surface area (Å²) in [4.78, 5) is 39.0. The van der Waals surface area contributed by atoms with Gasteiger partial charge in [-0.05, 0) is 50.4 Å². The molecule has 3 amide bonds. The van der Waals surface area contributed by atoms with E-state index in [0.717, 1.165) is 19.3 Å². The van der Waals surface area contributed by atoms with Crippen LogP contribution in [0.3, 0.4) is 0 Å². The highest BCUT2D eigenvalue weighted by molar-refractivity contribution is 5.89. The lowest BCUT2D eigenvalue weighted by Crippen LogP contribution is -2.57. The second-order valence-corrected chi connectivity index (χ2v) is 10.5. The van der Waals surface area contributed by atoms with Crippen molar-refractivity contribution in [2.24, 2.45) is 28.9 Å². The van der Waals surface area contributed by atoms with Gasteiger partial charge in [-0.1, -0.05) is 33.1 Å². The fourth-order valence-corrected chi connectivity index (χ4v) is 4.92. The van der Waals surface area contributed by atoms with Crippen molar-refractivity contribution in [3.63, 3.8) is 0 Å². The second kappa shape index (κ2) is 7.45. The number of rotatable bonds is 6. The number of fused-ring (bicyclic) bond motifs is 1. The van der Waals surface area contributed by atoms with E-state index in [0.29, 0.717) is 18.9 Å². The molecule has 0 radical (unpaired) electrons. The van der Waals surface area contributed by atoms with Gasteiger partial charge in [0.2, 0.25) is 11.8 Å². The van der Waals surface area contributed by atoms with Crippen LogP contribution in [0.25, 0.3) is 0 Å². The summed E-state index contributed by atoms with van der Waals surface area (Å²) in [6.45, 7) is 10.0. The van der Waals surface area contributed by atoms with Crippen LogP contribution in [-0.2, 0) is 14.3 Å². The highest BCUT2D eigenvalue weighted by atomic mass is 16.6. The zero-order valence-electron chi connectivity index (χ0n) is 18.1. The van der Waals surface area contributed by atoms with Gasteiger partial charge in [0.1, 0.15) is 11.6 Å². The molecular formula is C21H35N3O5. The molecule has 4 N–H and O–H groups in total. The number of carbonyl (C=O) groups is 3. The van der Waals surface area contributed by atoms with E-state index in [9.17, 15) is 19.5 Å². The summed E-state index contributed by atoms with van der Waals surface area (Å²) in [7, 11) is 0. The van der Waals surface area contributed by atoms with E-state index in [4.69, 9.17) is 10.5 Å². The predicted octanol–water partition coefficient (Wildman–Crippen LogP) is 1.40. The molecule has 29 heavy (non-hydrogen) atoms. The molecule has 8 nitrogen and oxygen atoms in total. The number of aliphatic hydroxyl groups excluding tert-OH is 1. The number of carbonyl (C=O) groups excluding carboxylic acids is 3. The third-order valence-corrected chi connectivity index (χ3v) is 6.92. The normalized spacial score (nSPS) is 30.0. The maximum Gasteiger partial charge on any atom is 0.410 e. The van der Waals surface area contributed by atoms with Gasteiger partial charge in [-0.25, -0.2) is 4.79 Å². The molecule has 2 aliphatic carbocycles. The molecule has 4 unspecified atom stereocenters. The van der Waals surface area contributed by atoms with Gasteiger partial charge in [-0.2, -0.15) is 0 Å². The number of nitrogens with one attached hydrogen (secondary N) is 1. The van der Waals surface area contributed by atoms with E-state index in [-0.39, 0.29) is 23.2 Å². The number of nitrogens with two attached hydrogens (primary N) is 1. The van der Waals surface area contributed by atoms with Crippen molar-refractivity contribution in [1.82, 2.24) is 10.2 Å². The smallest absolute Gasteiger partial charge is 0.410 e. The molecular weight excluding hydrogens is 374 g/mol. The van der Waals surface area contributed by atoms with Crippen molar-refractivity contribution in [3.05, 3.63) is 0 Å². The monoisotopic (exact) mass is 409 g/mol. The van der Waals surface area contributed by atoms with E-state index < -0.39 is 35.8 Å². The van der Waals surface area contributed by atoms with Crippen molar-refractivity contribution in [3.8, 4) is 0 Å². The highest BCUT2D eigenvalue weighted by Gasteiger charge is 2.69. The third-order valence-electron chi connectivity index (χ3n) is 6.92. The molecule has 0 aromatic heterocycles. The number of primary amides is 1. The zero-order chi connectivity index (χ0) is 21.7. The fraction of sp³-hybridized carbons (Fsp3) is 0.857. The largest absolute Gasteiger partial charge is 0.444 e. The number of aliphatic hydroxyl groups is 1. The Kier molecular flexibility index (Phi) is 5.62. The maximum absolute atomic E-state index is 13.3. The van der Waals surface area contributed by atoms with Crippen LogP contribution in [0, 0.1) is 23.2 Å². The summed E-state index contributed by atoms with van der Waals surface area (Å²) < 4.78 is 5.50. The average Bonchev–Trinajstić information content (AvgIpc) is 2.92. The zero-order valence-corrected chi connectivity index (χ0v) is 18.1. The van der Waals surface area contributed by atoms with Crippen LogP contribution < -0.4 is 11.1 Å². The molecule has 0 aromatic carbocycles. The molecule has 164 valence electrons. The van der Waals surface area contributed by atoms with Gasteiger partial charge in [0.15, 0.2) is 6.10 Å². The number of nitrogens with zero attached hydrogens (tertiary/aromatic N) is 1. The molecule has 1 aliphatic heterocycles. The van der Waals surface area contributed by atoms with E-state index in [1.165, 1.54) is 4.90 Å². The molecule has 1 heterocycles. The molecule has 3 aliphatic rings. The van der Waals surface area contributed by atoms with Crippen molar-refractivity contribution >= 4 is 17.9 Å². The van der Waals surface area contributed by atoms with Gasteiger partial charge in [0.25, 0.3) is 0 Å². The molecule has 0 aromatic rings. The Morgan fingerprint density at radius 3 is 2.38 bits per heavy atom. The maximum atomic E-state index is 13.3. The summed E-state index contributed by atoms with van der Waals surface area (Å²) in [6.07, 6.45) is 1.70. The first kappa shape index (κ1) is 21.9. The van der Waals surface area contributed by atoms with E-state index in [1.807, 2.05) is 0 Å². The van der Waals surface area contributed by atoms with Crippen molar-refractivity contribution in [2.75, 3.05) is 6.54 Å². The predicted molar refractivity (Wildman–Crippen MR) is 107 cm³/mol. The number of amides is 3. The Bertz CT molecular complexity index is 682. The van der Waals surface area contributed by atoms with Gasteiger partial charge in [-0.3, -0.25) is 14.5 Å². The van der Waals surface area contributed by atoms with Gasteiger partial charge < -0.3 is 20.9 Å². The Balaban J connectivity index is 1.75. The number of hydrogen-bond donors (Lipinski definition) is 3. The molecule has 3 fully saturated rings. The summed E-state index contributed by atoms with van der Waals surface area (Å²) in [5.74, 6) is -0.569. The Labute approximate surface area is 172 Å².